The molecule has 0 aromatic rings. The summed E-state index contributed by atoms with van der Waals surface area (Å²) in [4.78, 5) is 10.9. The molecule has 0 heterocycles. The molecule has 0 spiro atoms. The third-order valence-corrected chi connectivity index (χ3v) is 1.91. The van der Waals surface area contributed by atoms with Gasteiger partial charge in [0.2, 0.25) is 0 Å². The largest absolute Gasteiger partial charge is 0.468 e. The molecule has 0 saturated heterocycles. The van der Waals surface area contributed by atoms with Crippen LogP contribution >= 0.6 is 12.4 Å². The Morgan fingerprint density at radius 2 is 2.45 bits per heavy atom. The predicted molar refractivity (Wildman–Crippen MR) is 44.5 cm³/mol. The Balaban J connectivity index is 0.000001000. The van der Waals surface area contributed by atoms with Crippen LogP contribution < -0.4 is 5.73 Å². The van der Waals surface area contributed by atoms with Gasteiger partial charge in [0.1, 0.15) is 5.54 Å². The Kier molecular flexibility index (Phi) is 3.08. The molecule has 2 atom stereocenters. The zero-order valence-corrected chi connectivity index (χ0v) is 7.19. The molecule has 0 aromatic heterocycles. The van der Waals surface area contributed by atoms with Gasteiger partial charge in [0.15, 0.2) is 0 Å². The van der Waals surface area contributed by atoms with Gasteiger partial charge in [-0.1, -0.05) is 6.08 Å². The molecule has 0 amide bonds. The molecular formula is C7H12ClNO2. The van der Waals surface area contributed by atoms with Crippen molar-refractivity contribution in [2.75, 3.05) is 7.11 Å². The summed E-state index contributed by atoms with van der Waals surface area (Å²) in [5.74, 6) is -0.225. The lowest BCUT2D eigenvalue weighted by atomic mass is 10.2. The number of rotatable bonds is 2. The van der Waals surface area contributed by atoms with Crippen molar-refractivity contribution in [3.05, 3.63) is 12.7 Å². The van der Waals surface area contributed by atoms with E-state index < -0.39 is 5.54 Å². The van der Waals surface area contributed by atoms with Gasteiger partial charge < -0.3 is 10.5 Å². The summed E-state index contributed by atoms with van der Waals surface area (Å²) in [7, 11) is 1.34. The Bertz CT molecular complexity index is 183. The minimum Gasteiger partial charge on any atom is -0.468 e. The van der Waals surface area contributed by atoms with Gasteiger partial charge in [-0.2, -0.15) is 0 Å². The van der Waals surface area contributed by atoms with E-state index in [0.717, 1.165) is 0 Å². The molecule has 4 heteroatoms. The molecule has 1 aliphatic rings. The lowest BCUT2D eigenvalue weighted by Crippen LogP contribution is -2.36. The van der Waals surface area contributed by atoms with Crippen LogP contribution in [0.3, 0.4) is 0 Å². The summed E-state index contributed by atoms with van der Waals surface area (Å²) in [5, 5.41) is 0. The van der Waals surface area contributed by atoms with Gasteiger partial charge >= 0.3 is 5.97 Å². The molecule has 0 aliphatic heterocycles. The van der Waals surface area contributed by atoms with E-state index >= 15 is 0 Å². The molecule has 11 heavy (non-hydrogen) atoms. The normalized spacial score (nSPS) is 33.5. The number of carbonyl (C=O) groups is 1. The van der Waals surface area contributed by atoms with Crippen LogP contribution in [0.1, 0.15) is 6.42 Å². The van der Waals surface area contributed by atoms with E-state index in [0.29, 0.717) is 6.42 Å². The first-order chi connectivity index (χ1) is 4.65. The van der Waals surface area contributed by atoms with Crippen molar-refractivity contribution in [2.24, 2.45) is 11.7 Å². The van der Waals surface area contributed by atoms with Crippen LogP contribution in [0.4, 0.5) is 0 Å². The number of carbonyl (C=O) groups excluding carboxylic acids is 1. The van der Waals surface area contributed by atoms with Crippen molar-refractivity contribution in [3.8, 4) is 0 Å². The standard InChI is InChI=1S/C7H11NO2.ClH/c1-3-5-4-7(5,8)6(9)10-2;/h3,5H,1,4,8H2,2H3;1H/t5?,7-;/m0./s1. The topological polar surface area (TPSA) is 52.3 Å². The lowest BCUT2D eigenvalue weighted by molar-refractivity contribution is -0.143. The van der Waals surface area contributed by atoms with Crippen molar-refractivity contribution in [1.29, 1.82) is 0 Å². The van der Waals surface area contributed by atoms with Crippen LogP contribution in [-0.4, -0.2) is 18.6 Å². The number of hydrogen-bond donors (Lipinski definition) is 1. The van der Waals surface area contributed by atoms with E-state index in [-0.39, 0.29) is 24.3 Å². The molecule has 1 saturated carbocycles. The first-order valence-electron chi connectivity index (χ1n) is 3.15. The Morgan fingerprint density at radius 3 is 2.73 bits per heavy atom. The minimum atomic E-state index is -0.753. The Labute approximate surface area is 72.0 Å². The predicted octanol–water partition coefficient (Wildman–Crippen LogP) is 0.485. The maximum Gasteiger partial charge on any atom is 0.326 e. The van der Waals surface area contributed by atoms with Crippen LogP contribution in [0.2, 0.25) is 0 Å². The molecule has 0 radical (unpaired) electrons. The van der Waals surface area contributed by atoms with Gasteiger partial charge in [-0.25, -0.2) is 0 Å². The quantitative estimate of drug-likeness (QED) is 0.493. The molecular weight excluding hydrogens is 166 g/mol. The Hall–Kier alpha value is -0.540. The molecule has 1 aliphatic carbocycles. The van der Waals surface area contributed by atoms with Crippen molar-refractivity contribution in [1.82, 2.24) is 0 Å². The summed E-state index contributed by atoms with van der Waals surface area (Å²) >= 11 is 0. The van der Waals surface area contributed by atoms with Crippen molar-refractivity contribution in [2.45, 2.75) is 12.0 Å². The van der Waals surface area contributed by atoms with Gasteiger partial charge in [0.05, 0.1) is 7.11 Å². The molecule has 0 aromatic carbocycles. The average Bonchev–Trinajstić information content (AvgIpc) is 2.61. The van der Waals surface area contributed by atoms with E-state index in [1.807, 2.05) is 0 Å². The molecule has 1 rings (SSSR count). The zero-order valence-electron chi connectivity index (χ0n) is 6.37. The monoisotopic (exact) mass is 177 g/mol. The van der Waals surface area contributed by atoms with Gasteiger partial charge in [-0.3, -0.25) is 4.79 Å². The number of ether oxygens (including phenoxy) is 1. The highest BCUT2D eigenvalue weighted by atomic mass is 35.5. The highest BCUT2D eigenvalue weighted by molar-refractivity contribution is 5.85. The fourth-order valence-electron chi connectivity index (χ4n) is 1.02. The third-order valence-electron chi connectivity index (χ3n) is 1.91. The number of esters is 1. The van der Waals surface area contributed by atoms with E-state index in [1.165, 1.54) is 7.11 Å². The number of methoxy groups -OCH3 is 1. The molecule has 1 unspecified atom stereocenters. The van der Waals surface area contributed by atoms with Crippen LogP contribution in [-0.2, 0) is 9.53 Å². The maximum atomic E-state index is 10.9. The van der Waals surface area contributed by atoms with Gasteiger partial charge in [-0.15, -0.1) is 19.0 Å². The molecule has 3 nitrogen and oxygen atoms in total. The van der Waals surface area contributed by atoms with Crippen molar-refractivity contribution < 1.29 is 9.53 Å². The van der Waals surface area contributed by atoms with E-state index in [4.69, 9.17) is 5.73 Å². The highest BCUT2D eigenvalue weighted by Crippen LogP contribution is 2.42. The van der Waals surface area contributed by atoms with E-state index in [2.05, 4.69) is 11.3 Å². The summed E-state index contributed by atoms with van der Waals surface area (Å²) in [5.41, 5.74) is 4.86. The van der Waals surface area contributed by atoms with Gasteiger partial charge in [0, 0.05) is 5.92 Å². The maximum absolute atomic E-state index is 10.9. The highest BCUT2D eigenvalue weighted by Gasteiger charge is 2.56. The van der Waals surface area contributed by atoms with E-state index in [1.54, 1.807) is 6.08 Å². The minimum absolute atomic E-state index is 0. The summed E-state index contributed by atoms with van der Waals surface area (Å²) in [6, 6.07) is 0. The van der Waals surface area contributed by atoms with Crippen LogP contribution in [0.15, 0.2) is 12.7 Å². The second-order valence-electron chi connectivity index (χ2n) is 2.58. The van der Waals surface area contributed by atoms with Gasteiger partial charge in [-0.05, 0) is 6.42 Å². The molecule has 1 fully saturated rings. The molecule has 2 N–H and O–H groups in total. The van der Waals surface area contributed by atoms with E-state index in [9.17, 15) is 4.79 Å². The smallest absolute Gasteiger partial charge is 0.326 e. The molecule has 0 bridgehead atoms. The summed E-state index contributed by atoms with van der Waals surface area (Å²) in [6.45, 7) is 3.55. The first-order valence-corrected chi connectivity index (χ1v) is 3.15. The molecule has 64 valence electrons. The lowest BCUT2D eigenvalue weighted by Gasteiger charge is -2.05. The SMILES string of the molecule is C=CC1C[C@@]1(N)C(=O)OC.Cl. The second kappa shape index (κ2) is 3.24. The number of halogens is 1. The van der Waals surface area contributed by atoms with Crippen LogP contribution in [0.5, 0.6) is 0 Å². The second-order valence-corrected chi connectivity index (χ2v) is 2.58. The third kappa shape index (κ3) is 1.54. The van der Waals surface area contributed by atoms with Crippen molar-refractivity contribution in [3.63, 3.8) is 0 Å². The first kappa shape index (κ1) is 10.5. The Morgan fingerprint density at radius 1 is 1.91 bits per heavy atom. The van der Waals surface area contributed by atoms with Gasteiger partial charge in [0.25, 0.3) is 0 Å². The summed E-state index contributed by atoms with van der Waals surface area (Å²) < 4.78 is 4.50. The zero-order chi connectivity index (χ0) is 7.78. The fourth-order valence-corrected chi connectivity index (χ4v) is 1.02. The van der Waals surface area contributed by atoms with Crippen LogP contribution in [0.25, 0.3) is 0 Å². The summed E-state index contributed by atoms with van der Waals surface area (Å²) in [6.07, 6.45) is 2.36. The van der Waals surface area contributed by atoms with Crippen molar-refractivity contribution >= 4 is 18.4 Å². The number of nitrogens with two attached hydrogens (primary N) is 1. The number of hydrogen-bond acceptors (Lipinski definition) is 3. The fraction of sp³-hybridized carbons (Fsp3) is 0.571. The average molecular weight is 178 g/mol. The van der Waals surface area contributed by atoms with Crippen LogP contribution in [0, 0.1) is 5.92 Å².